The Kier molecular flexibility index (Phi) is 6.42. The molecule has 12 heteroatoms. The number of nitrogens with zero attached hydrogens (tertiary/aromatic N) is 2. The summed E-state index contributed by atoms with van der Waals surface area (Å²) in [7, 11) is 0. The van der Waals surface area contributed by atoms with Gasteiger partial charge in [-0.25, -0.2) is 0 Å². The van der Waals surface area contributed by atoms with E-state index in [4.69, 9.17) is 34.8 Å². The number of rotatable bonds is 6. The third-order valence-corrected chi connectivity index (χ3v) is 3.98. The summed E-state index contributed by atoms with van der Waals surface area (Å²) in [6, 6.07) is 11.1. The molecule has 0 heterocycles. The molecule has 0 saturated heterocycles. The number of nitro groups is 2. The topological polar surface area (TPSA) is 127 Å². The van der Waals surface area contributed by atoms with Crippen molar-refractivity contribution < 1.29 is 14.6 Å². The standard InChI is InChI=1S/C15H11Cl3N4O5/c16-15(17,18)14(19-9-4-2-1-3-5-9)20-13(23)11-7-6-10(21(24)25)8-12(11)22(26)27/h1-8,14,19H,(H,20,23). The Morgan fingerprint density at radius 1 is 1.00 bits per heavy atom. The Balaban J connectivity index is 2.32. The first-order chi connectivity index (χ1) is 12.6. The van der Waals surface area contributed by atoms with Crippen LogP contribution in [0.5, 0.6) is 0 Å². The molecule has 0 spiro atoms. The molecule has 0 aliphatic carbocycles. The highest BCUT2D eigenvalue weighted by Gasteiger charge is 2.35. The van der Waals surface area contributed by atoms with Gasteiger partial charge < -0.3 is 10.6 Å². The van der Waals surface area contributed by atoms with Crippen LogP contribution in [0.1, 0.15) is 10.4 Å². The number of hydrogen-bond donors (Lipinski definition) is 2. The van der Waals surface area contributed by atoms with E-state index in [9.17, 15) is 25.0 Å². The average molecular weight is 434 g/mol. The van der Waals surface area contributed by atoms with E-state index in [0.29, 0.717) is 11.8 Å². The number of nitrogens with one attached hydrogen (secondary N) is 2. The van der Waals surface area contributed by atoms with Crippen molar-refractivity contribution in [2.45, 2.75) is 9.96 Å². The molecule has 1 amide bonds. The Morgan fingerprint density at radius 2 is 1.63 bits per heavy atom. The Hall–Kier alpha value is -2.62. The fourth-order valence-electron chi connectivity index (χ4n) is 2.09. The van der Waals surface area contributed by atoms with Crippen LogP contribution < -0.4 is 10.6 Å². The van der Waals surface area contributed by atoms with Gasteiger partial charge in [0.1, 0.15) is 11.7 Å². The number of amides is 1. The summed E-state index contributed by atoms with van der Waals surface area (Å²) in [5, 5.41) is 27.1. The average Bonchev–Trinajstić information content (AvgIpc) is 2.60. The number of non-ortho nitro benzene ring substituents is 1. The number of carbonyl (C=O) groups is 1. The summed E-state index contributed by atoms with van der Waals surface area (Å²) in [4.78, 5) is 32.8. The second-order valence-electron chi connectivity index (χ2n) is 5.17. The van der Waals surface area contributed by atoms with Gasteiger partial charge in [-0.3, -0.25) is 25.0 Å². The molecule has 2 N–H and O–H groups in total. The molecule has 0 bridgehead atoms. The van der Waals surface area contributed by atoms with Gasteiger partial charge in [-0.05, 0) is 18.2 Å². The van der Waals surface area contributed by atoms with Crippen molar-refractivity contribution in [2.75, 3.05) is 5.32 Å². The van der Waals surface area contributed by atoms with Gasteiger partial charge in [-0.2, -0.15) is 0 Å². The highest BCUT2D eigenvalue weighted by molar-refractivity contribution is 6.68. The highest BCUT2D eigenvalue weighted by atomic mass is 35.6. The minimum absolute atomic E-state index is 0.417. The molecule has 0 fully saturated rings. The van der Waals surface area contributed by atoms with Gasteiger partial charge in [-0.15, -0.1) is 0 Å². The van der Waals surface area contributed by atoms with Crippen LogP contribution in [-0.2, 0) is 0 Å². The summed E-state index contributed by atoms with van der Waals surface area (Å²) in [6.07, 6.45) is -1.24. The summed E-state index contributed by atoms with van der Waals surface area (Å²) < 4.78 is -2.00. The first-order valence-corrected chi connectivity index (χ1v) is 8.35. The van der Waals surface area contributed by atoms with Crippen LogP contribution >= 0.6 is 34.8 Å². The zero-order chi connectivity index (χ0) is 20.2. The SMILES string of the molecule is O=C(NC(Nc1ccccc1)C(Cl)(Cl)Cl)c1ccc([N+](=O)[O-])cc1[N+](=O)[O-]. The number of anilines is 1. The maximum Gasteiger partial charge on any atom is 0.289 e. The maximum atomic E-state index is 12.5. The van der Waals surface area contributed by atoms with Crippen molar-refractivity contribution in [2.24, 2.45) is 0 Å². The molecule has 142 valence electrons. The Morgan fingerprint density at radius 3 is 2.15 bits per heavy atom. The molecular formula is C15H11Cl3N4O5. The summed E-state index contributed by atoms with van der Waals surface area (Å²) >= 11 is 17.6. The zero-order valence-electron chi connectivity index (χ0n) is 13.3. The predicted molar refractivity (Wildman–Crippen MR) is 101 cm³/mol. The van der Waals surface area contributed by atoms with Gasteiger partial charge in [0.15, 0.2) is 0 Å². The molecule has 0 saturated carbocycles. The molecule has 2 rings (SSSR count). The quantitative estimate of drug-likeness (QED) is 0.306. The lowest BCUT2D eigenvalue weighted by atomic mass is 10.1. The Labute approximate surface area is 167 Å². The first-order valence-electron chi connectivity index (χ1n) is 7.21. The van der Waals surface area contributed by atoms with Crippen molar-refractivity contribution in [3.05, 3.63) is 74.3 Å². The van der Waals surface area contributed by atoms with Crippen molar-refractivity contribution in [3.63, 3.8) is 0 Å². The summed E-state index contributed by atoms with van der Waals surface area (Å²) in [5.41, 5.74) is -1.17. The van der Waals surface area contributed by atoms with Crippen LogP contribution in [0.2, 0.25) is 0 Å². The van der Waals surface area contributed by atoms with Crippen LogP contribution in [0.25, 0.3) is 0 Å². The van der Waals surface area contributed by atoms with E-state index in [1.165, 1.54) is 0 Å². The largest absolute Gasteiger partial charge is 0.362 e. The lowest BCUT2D eigenvalue weighted by molar-refractivity contribution is -0.394. The van der Waals surface area contributed by atoms with E-state index >= 15 is 0 Å². The van der Waals surface area contributed by atoms with Crippen molar-refractivity contribution in [1.82, 2.24) is 5.32 Å². The molecule has 1 atom stereocenters. The molecule has 1 unspecified atom stereocenters. The normalized spacial score (nSPS) is 12.1. The zero-order valence-corrected chi connectivity index (χ0v) is 15.5. The molecular weight excluding hydrogens is 423 g/mol. The molecule has 0 aliphatic rings. The van der Waals surface area contributed by atoms with E-state index in [1.54, 1.807) is 30.3 Å². The molecule has 2 aromatic rings. The van der Waals surface area contributed by atoms with Gasteiger partial charge in [0, 0.05) is 11.8 Å². The smallest absolute Gasteiger partial charge is 0.289 e. The number of benzene rings is 2. The second-order valence-corrected chi connectivity index (χ2v) is 7.54. The number of halogens is 3. The molecule has 0 aromatic heterocycles. The van der Waals surface area contributed by atoms with Crippen LogP contribution in [0, 0.1) is 20.2 Å². The first kappa shape index (κ1) is 20.7. The van der Waals surface area contributed by atoms with E-state index in [0.717, 1.165) is 12.1 Å². The van der Waals surface area contributed by atoms with Gasteiger partial charge in [-0.1, -0.05) is 53.0 Å². The van der Waals surface area contributed by atoms with Crippen LogP contribution in [0.3, 0.4) is 0 Å². The minimum atomic E-state index is -2.00. The number of nitro benzene ring substituents is 2. The fraction of sp³-hybridized carbons (Fsp3) is 0.133. The van der Waals surface area contributed by atoms with Crippen LogP contribution in [0.15, 0.2) is 48.5 Å². The lowest BCUT2D eigenvalue weighted by Gasteiger charge is -2.27. The predicted octanol–water partition coefficient (Wildman–Crippen LogP) is 4.04. The van der Waals surface area contributed by atoms with Gasteiger partial charge in [0.25, 0.3) is 17.3 Å². The summed E-state index contributed by atoms with van der Waals surface area (Å²) in [6.45, 7) is 0. The minimum Gasteiger partial charge on any atom is -0.362 e. The third kappa shape index (κ3) is 5.43. The third-order valence-electron chi connectivity index (χ3n) is 3.32. The van der Waals surface area contributed by atoms with Crippen molar-refractivity contribution >= 4 is 57.8 Å². The van der Waals surface area contributed by atoms with Crippen molar-refractivity contribution in [1.29, 1.82) is 0 Å². The number of para-hydroxylation sites is 1. The Bertz CT molecular complexity index is 874. The second kappa shape index (κ2) is 8.38. The number of hydrogen-bond acceptors (Lipinski definition) is 6. The van der Waals surface area contributed by atoms with Crippen LogP contribution in [-0.4, -0.2) is 25.7 Å². The van der Waals surface area contributed by atoms with Crippen molar-refractivity contribution in [3.8, 4) is 0 Å². The summed E-state index contributed by atoms with van der Waals surface area (Å²) in [5.74, 6) is -0.948. The molecule has 0 aliphatic heterocycles. The molecule has 27 heavy (non-hydrogen) atoms. The van der Waals surface area contributed by atoms with Gasteiger partial charge >= 0.3 is 0 Å². The maximum absolute atomic E-state index is 12.5. The van der Waals surface area contributed by atoms with Crippen LogP contribution in [0.4, 0.5) is 17.1 Å². The number of alkyl halides is 3. The van der Waals surface area contributed by atoms with E-state index in [2.05, 4.69) is 10.6 Å². The van der Waals surface area contributed by atoms with E-state index in [1.807, 2.05) is 0 Å². The van der Waals surface area contributed by atoms with E-state index < -0.39 is 42.7 Å². The van der Waals surface area contributed by atoms with Gasteiger partial charge in [0.05, 0.1) is 15.9 Å². The fourth-order valence-corrected chi connectivity index (χ4v) is 2.41. The van der Waals surface area contributed by atoms with Gasteiger partial charge in [0.2, 0.25) is 3.79 Å². The van der Waals surface area contributed by atoms with E-state index in [-0.39, 0.29) is 0 Å². The lowest BCUT2D eigenvalue weighted by Crippen LogP contribution is -2.49. The highest BCUT2D eigenvalue weighted by Crippen LogP contribution is 2.32. The number of carbonyl (C=O) groups excluding carboxylic acids is 1. The monoisotopic (exact) mass is 432 g/mol. The molecule has 2 aromatic carbocycles. The molecule has 9 nitrogen and oxygen atoms in total. The molecule has 0 radical (unpaired) electrons.